The van der Waals surface area contributed by atoms with Crippen molar-refractivity contribution in [1.29, 1.82) is 0 Å². The lowest BCUT2D eigenvalue weighted by molar-refractivity contribution is -0.613. The van der Waals surface area contributed by atoms with Gasteiger partial charge in [-0.1, -0.05) is 31.0 Å². The van der Waals surface area contributed by atoms with Crippen LogP contribution in [0.15, 0.2) is 28.7 Å². The molecule has 0 N–H and O–H groups in total. The zero-order valence-corrected chi connectivity index (χ0v) is 12.1. The third-order valence-electron chi connectivity index (χ3n) is 4.35. The monoisotopic (exact) mass is 256 g/mol. The lowest BCUT2D eigenvalue weighted by Crippen LogP contribution is -2.35. The second-order valence-electron chi connectivity index (χ2n) is 5.67. The van der Waals surface area contributed by atoms with Gasteiger partial charge in [0, 0.05) is 24.5 Å². The van der Waals surface area contributed by atoms with E-state index in [1.165, 1.54) is 48.4 Å². The first-order valence-electron chi connectivity index (χ1n) is 7.26. The molecule has 2 heteroatoms. The van der Waals surface area contributed by atoms with Gasteiger partial charge in [0.05, 0.1) is 6.92 Å². The number of hydrogen-bond donors (Lipinski definition) is 0. The van der Waals surface area contributed by atoms with Crippen LogP contribution in [0.1, 0.15) is 54.5 Å². The number of aromatic nitrogens is 1. The van der Waals surface area contributed by atoms with Gasteiger partial charge >= 0.3 is 5.89 Å². The first kappa shape index (κ1) is 12.5. The molecule has 1 aliphatic rings. The van der Waals surface area contributed by atoms with Crippen LogP contribution >= 0.6 is 0 Å². The van der Waals surface area contributed by atoms with Gasteiger partial charge in [0.1, 0.15) is 0 Å². The molecule has 0 radical (unpaired) electrons. The van der Waals surface area contributed by atoms with E-state index in [0.717, 1.165) is 5.89 Å². The Bertz CT molecular complexity index is 591. The maximum absolute atomic E-state index is 6.10. The average molecular weight is 256 g/mol. The van der Waals surface area contributed by atoms with Crippen molar-refractivity contribution >= 4 is 0 Å². The van der Waals surface area contributed by atoms with E-state index in [-0.39, 0.29) is 0 Å². The number of hydrogen-bond acceptors (Lipinski definition) is 1. The summed E-state index contributed by atoms with van der Waals surface area (Å²) in [4.78, 5) is 0. The molecule has 1 fully saturated rings. The maximum Gasteiger partial charge on any atom is 0.350 e. The van der Waals surface area contributed by atoms with Gasteiger partial charge in [-0.25, -0.2) is 0 Å². The zero-order valence-electron chi connectivity index (χ0n) is 12.1. The highest BCUT2D eigenvalue weighted by molar-refractivity contribution is 5.33. The first-order chi connectivity index (χ1) is 9.18. The Labute approximate surface area is 115 Å². The summed E-state index contributed by atoms with van der Waals surface area (Å²) in [6.07, 6.45) is 5.24. The van der Waals surface area contributed by atoms with Crippen molar-refractivity contribution in [3.63, 3.8) is 0 Å². The quantitative estimate of drug-likeness (QED) is 0.738. The lowest BCUT2D eigenvalue weighted by atomic mass is 10.0. The second kappa shape index (κ2) is 4.84. The molecule has 19 heavy (non-hydrogen) atoms. The summed E-state index contributed by atoms with van der Waals surface area (Å²) >= 11 is 0. The van der Waals surface area contributed by atoms with Crippen molar-refractivity contribution in [1.82, 2.24) is 0 Å². The van der Waals surface area contributed by atoms with E-state index in [4.69, 9.17) is 4.42 Å². The molecule has 1 heterocycles. The third kappa shape index (κ3) is 2.09. The molecule has 3 rings (SSSR count). The molecule has 1 aromatic heterocycles. The SMILES string of the molecule is Cc1ccccc1-[n+]1c(C)oc(C2CCCC2)c1C. The van der Waals surface area contributed by atoms with Crippen LogP contribution in [0.25, 0.3) is 5.69 Å². The standard InChI is InChI=1S/C17H22NO/c1-12-8-4-7-11-16(12)18-13(2)17(19-14(18)3)15-9-5-6-10-15/h4,7-8,11,15H,5-6,9-10H2,1-3H3/q+1. The molecular weight excluding hydrogens is 234 g/mol. The summed E-state index contributed by atoms with van der Waals surface area (Å²) in [7, 11) is 0. The Hall–Kier alpha value is -1.57. The van der Waals surface area contributed by atoms with E-state index in [1.807, 2.05) is 0 Å². The molecule has 0 bridgehead atoms. The summed E-state index contributed by atoms with van der Waals surface area (Å²) in [5.74, 6) is 2.83. The number of benzene rings is 1. The molecule has 0 spiro atoms. The van der Waals surface area contributed by atoms with Crippen LogP contribution in [0.5, 0.6) is 0 Å². The number of rotatable bonds is 2. The van der Waals surface area contributed by atoms with E-state index in [9.17, 15) is 0 Å². The molecule has 0 amide bonds. The number of para-hydroxylation sites is 1. The fourth-order valence-electron chi connectivity index (χ4n) is 3.36. The maximum atomic E-state index is 6.10. The normalized spacial score (nSPS) is 16.2. The minimum absolute atomic E-state index is 0.629. The molecule has 0 aliphatic heterocycles. The summed E-state index contributed by atoms with van der Waals surface area (Å²) < 4.78 is 8.37. The van der Waals surface area contributed by atoms with Crippen molar-refractivity contribution in [2.75, 3.05) is 0 Å². The van der Waals surface area contributed by atoms with Gasteiger partial charge in [-0.2, -0.15) is 0 Å². The molecule has 0 saturated heterocycles. The Balaban J connectivity index is 2.10. The van der Waals surface area contributed by atoms with Crippen LogP contribution in [0.4, 0.5) is 0 Å². The molecule has 100 valence electrons. The largest absolute Gasteiger partial charge is 0.406 e. The lowest BCUT2D eigenvalue weighted by Gasteiger charge is -2.03. The van der Waals surface area contributed by atoms with Crippen molar-refractivity contribution in [2.45, 2.75) is 52.4 Å². The van der Waals surface area contributed by atoms with Crippen LogP contribution in [0.2, 0.25) is 0 Å². The minimum atomic E-state index is 0.629. The van der Waals surface area contributed by atoms with Gasteiger partial charge in [0.2, 0.25) is 11.4 Å². The average Bonchev–Trinajstić information content (AvgIpc) is 3.00. The van der Waals surface area contributed by atoms with Gasteiger partial charge in [0.25, 0.3) is 0 Å². The van der Waals surface area contributed by atoms with E-state index in [2.05, 4.69) is 49.6 Å². The predicted molar refractivity (Wildman–Crippen MR) is 75.7 cm³/mol. The molecule has 1 saturated carbocycles. The minimum Gasteiger partial charge on any atom is -0.406 e. The smallest absolute Gasteiger partial charge is 0.350 e. The summed E-state index contributed by atoms with van der Waals surface area (Å²) in [5.41, 5.74) is 3.81. The predicted octanol–water partition coefficient (Wildman–Crippen LogP) is 4.14. The third-order valence-corrected chi connectivity index (χ3v) is 4.35. The molecule has 2 nitrogen and oxygen atoms in total. The Morgan fingerprint density at radius 1 is 1.05 bits per heavy atom. The number of aryl methyl sites for hydroxylation is 2. The Morgan fingerprint density at radius 2 is 1.74 bits per heavy atom. The van der Waals surface area contributed by atoms with Crippen molar-refractivity contribution in [3.8, 4) is 5.69 Å². The first-order valence-corrected chi connectivity index (χ1v) is 7.26. The fraction of sp³-hybridized carbons (Fsp3) is 0.471. The molecule has 0 unspecified atom stereocenters. The van der Waals surface area contributed by atoms with Crippen LogP contribution < -0.4 is 4.57 Å². The molecular formula is C17H22NO+. The van der Waals surface area contributed by atoms with Crippen molar-refractivity contribution in [3.05, 3.63) is 47.2 Å². The highest BCUT2D eigenvalue weighted by Gasteiger charge is 2.31. The second-order valence-corrected chi connectivity index (χ2v) is 5.67. The van der Waals surface area contributed by atoms with Crippen LogP contribution in [0, 0.1) is 20.8 Å². The fourth-order valence-corrected chi connectivity index (χ4v) is 3.36. The van der Waals surface area contributed by atoms with Gasteiger partial charge in [-0.05, 0) is 19.8 Å². The molecule has 1 aliphatic carbocycles. The van der Waals surface area contributed by atoms with E-state index >= 15 is 0 Å². The zero-order chi connectivity index (χ0) is 13.4. The highest BCUT2D eigenvalue weighted by Crippen LogP contribution is 2.35. The number of oxazole rings is 1. The van der Waals surface area contributed by atoms with E-state index < -0.39 is 0 Å². The summed E-state index contributed by atoms with van der Waals surface area (Å²) in [6.45, 7) is 6.41. The van der Waals surface area contributed by atoms with E-state index in [1.54, 1.807) is 0 Å². The Morgan fingerprint density at radius 3 is 2.42 bits per heavy atom. The van der Waals surface area contributed by atoms with Gasteiger partial charge in [0.15, 0.2) is 5.76 Å². The summed E-state index contributed by atoms with van der Waals surface area (Å²) in [6, 6.07) is 8.51. The van der Waals surface area contributed by atoms with Gasteiger partial charge in [-0.15, -0.1) is 4.57 Å². The van der Waals surface area contributed by atoms with Crippen molar-refractivity contribution < 1.29 is 8.98 Å². The van der Waals surface area contributed by atoms with Crippen LogP contribution in [0.3, 0.4) is 0 Å². The Kier molecular flexibility index (Phi) is 3.17. The molecule has 1 aromatic carbocycles. The van der Waals surface area contributed by atoms with Crippen LogP contribution in [-0.2, 0) is 0 Å². The van der Waals surface area contributed by atoms with Gasteiger partial charge in [-0.3, -0.25) is 0 Å². The number of nitrogens with zero attached hydrogens (tertiary/aromatic N) is 1. The summed E-state index contributed by atoms with van der Waals surface area (Å²) in [5, 5.41) is 0. The molecule has 2 aromatic rings. The van der Waals surface area contributed by atoms with Crippen LogP contribution in [-0.4, -0.2) is 0 Å². The van der Waals surface area contributed by atoms with E-state index in [0.29, 0.717) is 5.92 Å². The molecule has 0 atom stereocenters. The topological polar surface area (TPSA) is 17.0 Å². The highest BCUT2D eigenvalue weighted by atomic mass is 16.4. The van der Waals surface area contributed by atoms with Crippen molar-refractivity contribution in [2.24, 2.45) is 0 Å². The van der Waals surface area contributed by atoms with Gasteiger partial charge < -0.3 is 4.42 Å².